The molecule has 0 saturated heterocycles. The molecule has 0 aromatic heterocycles. The summed E-state index contributed by atoms with van der Waals surface area (Å²) in [6.07, 6.45) is 0. The second kappa shape index (κ2) is 4.41. The maximum absolute atomic E-state index is 6.39. The van der Waals surface area contributed by atoms with E-state index in [2.05, 4.69) is 24.1 Å². The summed E-state index contributed by atoms with van der Waals surface area (Å²) in [6.45, 7) is 0. The summed E-state index contributed by atoms with van der Waals surface area (Å²) in [5, 5.41) is 0.682. The average molecular weight is 278 g/mol. The molecule has 3 rings (SSSR count). The summed E-state index contributed by atoms with van der Waals surface area (Å²) in [5.41, 5.74) is 2.32. The molecule has 0 bridgehead atoms. The molecule has 1 aliphatic heterocycles. The molecule has 0 amide bonds. The van der Waals surface area contributed by atoms with Crippen molar-refractivity contribution in [1.82, 2.24) is 0 Å². The second-order valence-electron chi connectivity index (χ2n) is 4.06. The van der Waals surface area contributed by atoms with E-state index in [1.54, 1.807) is 18.9 Å². The predicted molar refractivity (Wildman–Crippen MR) is 76.6 cm³/mol. The summed E-state index contributed by atoms with van der Waals surface area (Å²) in [5.74, 6) is 0.718. The standard InChI is InChI=1S/C14H12ClNOS/c1-16-9-5-3-4-6-12(9)18-14-10(16)7-8-11(17-2)13(14)15/h3-8H,1-2H3. The lowest BCUT2D eigenvalue weighted by Crippen LogP contribution is -2.14. The van der Waals surface area contributed by atoms with Crippen molar-refractivity contribution in [2.24, 2.45) is 0 Å². The Labute approximate surface area is 116 Å². The van der Waals surface area contributed by atoms with Crippen LogP contribution in [-0.2, 0) is 0 Å². The Morgan fingerprint density at radius 2 is 1.89 bits per heavy atom. The number of ether oxygens (including phenoxy) is 1. The number of halogens is 1. The number of benzene rings is 2. The van der Waals surface area contributed by atoms with Gasteiger partial charge in [0, 0.05) is 11.9 Å². The van der Waals surface area contributed by atoms with Crippen molar-refractivity contribution >= 4 is 34.7 Å². The summed E-state index contributed by atoms with van der Waals surface area (Å²) >= 11 is 8.07. The fraction of sp³-hybridized carbons (Fsp3) is 0.143. The highest BCUT2D eigenvalue weighted by Crippen LogP contribution is 2.52. The van der Waals surface area contributed by atoms with Crippen LogP contribution in [0.25, 0.3) is 0 Å². The molecule has 0 spiro atoms. The summed E-state index contributed by atoms with van der Waals surface area (Å²) in [4.78, 5) is 4.42. The molecule has 0 aliphatic carbocycles. The van der Waals surface area contributed by atoms with Gasteiger partial charge in [-0.1, -0.05) is 35.5 Å². The monoisotopic (exact) mass is 277 g/mol. The van der Waals surface area contributed by atoms with Gasteiger partial charge in [0.2, 0.25) is 0 Å². The normalized spacial score (nSPS) is 12.9. The summed E-state index contributed by atoms with van der Waals surface area (Å²) in [6, 6.07) is 12.3. The molecule has 1 heterocycles. The predicted octanol–water partition coefficient (Wildman–Crippen LogP) is 4.58. The lowest BCUT2D eigenvalue weighted by atomic mass is 10.2. The molecule has 0 N–H and O–H groups in total. The Bertz CT molecular complexity index is 615. The Balaban J connectivity index is 2.19. The lowest BCUT2D eigenvalue weighted by Gasteiger charge is -2.30. The third-order valence-electron chi connectivity index (χ3n) is 3.06. The van der Waals surface area contributed by atoms with Gasteiger partial charge in [-0.25, -0.2) is 0 Å². The molecular weight excluding hydrogens is 266 g/mol. The van der Waals surface area contributed by atoms with E-state index in [0.717, 1.165) is 16.3 Å². The van der Waals surface area contributed by atoms with Gasteiger partial charge in [-0.15, -0.1) is 0 Å². The van der Waals surface area contributed by atoms with E-state index in [0.29, 0.717) is 5.02 Å². The quantitative estimate of drug-likeness (QED) is 0.757. The molecule has 92 valence electrons. The zero-order valence-electron chi connectivity index (χ0n) is 10.1. The largest absolute Gasteiger partial charge is 0.495 e. The van der Waals surface area contributed by atoms with Gasteiger partial charge in [-0.2, -0.15) is 0 Å². The molecular formula is C14H12ClNOS. The van der Waals surface area contributed by atoms with Gasteiger partial charge in [0.25, 0.3) is 0 Å². The first kappa shape index (κ1) is 11.8. The molecule has 1 aliphatic rings. The Morgan fingerprint density at radius 3 is 2.67 bits per heavy atom. The number of hydrogen-bond acceptors (Lipinski definition) is 3. The van der Waals surface area contributed by atoms with Gasteiger partial charge in [0.1, 0.15) is 5.75 Å². The van der Waals surface area contributed by atoms with Gasteiger partial charge in [0.05, 0.1) is 28.4 Å². The average Bonchev–Trinajstić information content (AvgIpc) is 2.40. The van der Waals surface area contributed by atoms with E-state index < -0.39 is 0 Å². The van der Waals surface area contributed by atoms with Crippen LogP contribution in [-0.4, -0.2) is 14.2 Å². The van der Waals surface area contributed by atoms with Crippen molar-refractivity contribution in [2.45, 2.75) is 9.79 Å². The van der Waals surface area contributed by atoms with Crippen LogP contribution in [0.1, 0.15) is 0 Å². The highest BCUT2D eigenvalue weighted by Gasteiger charge is 2.24. The van der Waals surface area contributed by atoms with Gasteiger partial charge in [0.15, 0.2) is 0 Å². The Kier molecular flexibility index (Phi) is 2.88. The van der Waals surface area contributed by atoms with Gasteiger partial charge >= 0.3 is 0 Å². The minimum Gasteiger partial charge on any atom is -0.495 e. The van der Waals surface area contributed by atoms with Gasteiger partial charge < -0.3 is 9.64 Å². The number of methoxy groups -OCH3 is 1. The van der Waals surface area contributed by atoms with Crippen molar-refractivity contribution < 1.29 is 4.74 Å². The minimum absolute atomic E-state index is 0.682. The highest BCUT2D eigenvalue weighted by molar-refractivity contribution is 7.99. The van der Waals surface area contributed by atoms with Gasteiger partial charge in [-0.3, -0.25) is 0 Å². The number of para-hydroxylation sites is 1. The fourth-order valence-electron chi connectivity index (χ4n) is 2.11. The Hall–Kier alpha value is -1.32. The third-order valence-corrected chi connectivity index (χ3v) is 4.73. The number of anilines is 2. The number of hydrogen-bond donors (Lipinski definition) is 0. The Morgan fingerprint density at radius 1 is 1.11 bits per heavy atom. The first-order chi connectivity index (χ1) is 8.72. The SMILES string of the molecule is COc1ccc2c(c1Cl)Sc1ccccc1N2C. The van der Waals surface area contributed by atoms with Gasteiger partial charge in [-0.05, 0) is 24.3 Å². The van der Waals surface area contributed by atoms with E-state index >= 15 is 0 Å². The molecule has 4 heteroatoms. The minimum atomic E-state index is 0.682. The van der Waals surface area contributed by atoms with Crippen LogP contribution in [0.2, 0.25) is 5.02 Å². The topological polar surface area (TPSA) is 12.5 Å². The van der Waals surface area contributed by atoms with Crippen LogP contribution in [0.4, 0.5) is 11.4 Å². The second-order valence-corrected chi connectivity index (χ2v) is 5.49. The zero-order chi connectivity index (χ0) is 12.7. The van der Waals surface area contributed by atoms with Crippen LogP contribution >= 0.6 is 23.4 Å². The van der Waals surface area contributed by atoms with E-state index in [1.165, 1.54) is 10.6 Å². The van der Waals surface area contributed by atoms with Crippen molar-refractivity contribution in [3.8, 4) is 5.75 Å². The number of rotatable bonds is 1. The molecule has 0 saturated carbocycles. The third kappa shape index (κ3) is 1.66. The van der Waals surface area contributed by atoms with E-state index in [4.69, 9.17) is 16.3 Å². The van der Waals surface area contributed by atoms with Crippen LogP contribution in [0.5, 0.6) is 5.75 Å². The summed E-state index contributed by atoms with van der Waals surface area (Å²) < 4.78 is 5.27. The number of fused-ring (bicyclic) bond motifs is 2. The van der Waals surface area contributed by atoms with Crippen LogP contribution in [0.3, 0.4) is 0 Å². The van der Waals surface area contributed by atoms with Crippen molar-refractivity contribution in [2.75, 3.05) is 19.1 Å². The van der Waals surface area contributed by atoms with Crippen molar-refractivity contribution in [3.63, 3.8) is 0 Å². The van der Waals surface area contributed by atoms with E-state index in [9.17, 15) is 0 Å². The smallest absolute Gasteiger partial charge is 0.138 e. The maximum Gasteiger partial charge on any atom is 0.138 e. The van der Waals surface area contributed by atoms with Crippen LogP contribution in [0, 0.1) is 0 Å². The molecule has 2 aromatic rings. The zero-order valence-corrected chi connectivity index (χ0v) is 11.7. The lowest BCUT2D eigenvalue weighted by molar-refractivity contribution is 0.414. The molecule has 0 atom stereocenters. The van der Waals surface area contributed by atoms with E-state index in [-0.39, 0.29) is 0 Å². The molecule has 18 heavy (non-hydrogen) atoms. The van der Waals surface area contributed by atoms with Crippen LogP contribution in [0.15, 0.2) is 46.2 Å². The maximum atomic E-state index is 6.39. The molecule has 0 fully saturated rings. The first-order valence-electron chi connectivity index (χ1n) is 5.59. The van der Waals surface area contributed by atoms with Crippen molar-refractivity contribution in [1.29, 1.82) is 0 Å². The molecule has 0 unspecified atom stereocenters. The van der Waals surface area contributed by atoms with E-state index in [1.807, 2.05) is 24.3 Å². The fourth-order valence-corrected chi connectivity index (χ4v) is 3.64. The highest BCUT2D eigenvalue weighted by atomic mass is 35.5. The summed E-state index contributed by atoms with van der Waals surface area (Å²) in [7, 11) is 3.69. The molecule has 0 radical (unpaired) electrons. The van der Waals surface area contributed by atoms with Crippen molar-refractivity contribution in [3.05, 3.63) is 41.4 Å². The van der Waals surface area contributed by atoms with Crippen LogP contribution < -0.4 is 9.64 Å². The molecule has 2 aromatic carbocycles. The number of nitrogens with zero attached hydrogens (tertiary/aromatic N) is 1. The first-order valence-corrected chi connectivity index (χ1v) is 6.79. The molecule has 2 nitrogen and oxygen atoms in total.